The number of hydrogen-bond acceptors (Lipinski definition) is 4. The van der Waals surface area contributed by atoms with Gasteiger partial charge in [0.25, 0.3) is 0 Å². The molecule has 1 aromatic carbocycles. The average molecular weight is 240 g/mol. The van der Waals surface area contributed by atoms with Gasteiger partial charge in [0.1, 0.15) is 6.26 Å². The normalized spacial score (nSPS) is 10.4. The minimum atomic E-state index is 0.646. The topological polar surface area (TPSA) is 66.7 Å². The summed E-state index contributed by atoms with van der Waals surface area (Å²) < 4.78 is 4.76. The molecule has 18 heavy (non-hydrogen) atoms. The first kappa shape index (κ1) is 10.6. The Hall–Kier alpha value is -2.56. The Labute approximate surface area is 104 Å². The highest BCUT2D eigenvalue weighted by Crippen LogP contribution is 2.21. The maximum Gasteiger partial charge on any atom is 0.169 e. The molecule has 0 bridgehead atoms. The summed E-state index contributed by atoms with van der Waals surface area (Å²) in [5.41, 5.74) is 3.22. The summed E-state index contributed by atoms with van der Waals surface area (Å²) in [5, 5.41) is 14.1. The summed E-state index contributed by atoms with van der Waals surface area (Å²) >= 11 is 0. The van der Waals surface area contributed by atoms with Gasteiger partial charge >= 0.3 is 0 Å². The molecule has 2 N–H and O–H groups in total. The van der Waals surface area contributed by atoms with Crippen LogP contribution in [0.2, 0.25) is 0 Å². The largest absolute Gasteiger partial charge is 0.363 e. The second-order valence-corrected chi connectivity index (χ2v) is 3.87. The van der Waals surface area contributed by atoms with Gasteiger partial charge in [-0.25, -0.2) is 0 Å². The molecule has 0 atom stereocenters. The van der Waals surface area contributed by atoms with E-state index in [0.717, 1.165) is 22.6 Å². The van der Waals surface area contributed by atoms with Gasteiger partial charge in [-0.2, -0.15) is 5.10 Å². The number of benzene rings is 1. The molecule has 0 spiro atoms. The van der Waals surface area contributed by atoms with Crippen LogP contribution < -0.4 is 5.32 Å². The molecule has 5 heteroatoms. The SMILES string of the molecule is c1ccc(-c2[nH]ncc2CNc2ccon2)cc1. The van der Waals surface area contributed by atoms with Gasteiger partial charge in [0.2, 0.25) is 0 Å². The van der Waals surface area contributed by atoms with E-state index in [1.165, 1.54) is 6.26 Å². The molecule has 0 aliphatic heterocycles. The molecule has 2 aromatic heterocycles. The van der Waals surface area contributed by atoms with Crippen LogP contribution in [-0.2, 0) is 6.54 Å². The zero-order valence-electron chi connectivity index (χ0n) is 9.63. The van der Waals surface area contributed by atoms with Crippen LogP contribution in [-0.4, -0.2) is 15.4 Å². The number of rotatable bonds is 4. The molecular weight excluding hydrogens is 228 g/mol. The molecule has 0 saturated carbocycles. The number of H-pyrrole nitrogens is 1. The summed E-state index contributed by atoms with van der Waals surface area (Å²) in [6.07, 6.45) is 3.35. The van der Waals surface area contributed by atoms with Crippen molar-refractivity contribution in [3.05, 3.63) is 54.4 Å². The average Bonchev–Trinajstić information content (AvgIpc) is 3.09. The van der Waals surface area contributed by atoms with Gasteiger partial charge in [0, 0.05) is 18.2 Å². The van der Waals surface area contributed by atoms with Gasteiger partial charge in [0.15, 0.2) is 5.82 Å². The van der Waals surface area contributed by atoms with Crippen molar-refractivity contribution < 1.29 is 4.52 Å². The van der Waals surface area contributed by atoms with Crippen LogP contribution in [0.4, 0.5) is 5.82 Å². The van der Waals surface area contributed by atoms with Crippen LogP contribution >= 0.6 is 0 Å². The van der Waals surface area contributed by atoms with Gasteiger partial charge in [-0.15, -0.1) is 0 Å². The highest BCUT2D eigenvalue weighted by molar-refractivity contribution is 5.62. The van der Waals surface area contributed by atoms with Gasteiger partial charge in [-0.3, -0.25) is 5.10 Å². The monoisotopic (exact) mass is 240 g/mol. The van der Waals surface area contributed by atoms with Crippen LogP contribution in [0.15, 0.2) is 53.4 Å². The summed E-state index contributed by atoms with van der Waals surface area (Å²) in [6.45, 7) is 0.646. The van der Waals surface area contributed by atoms with Crippen molar-refractivity contribution in [2.24, 2.45) is 0 Å². The second kappa shape index (κ2) is 4.75. The van der Waals surface area contributed by atoms with Crippen LogP contribution in [0.3, 0.4) is 0 Å². The molecular formula is C13H12N4O. The van der Waals surface area contributed by atoms with E-state index in [-0.39, 0.29) is 0 Å². The van der Waals surface area contributed by atoms with Crippen molar-refractivity contribution >= 4 is 5.82 Å². The fraction of sp³-hybridized carbons (Fsp3) is 0.0769. The minimum Gasteiger partial charge on any atom is -0.363 e. The molecule has 3 aromatic rings. The van der Waals surface area contributed by atoms with Gasteiger partial charge in [0.05, 0.1) is 11.9 Å². The molecule has 3 rings (SSSR count). The summed E-state index contributed by atoms with van der Waals surface area (Å²) in [5.74, 6) is 0.718. The smallest absolute Gasteiger partial charge is 0.169 e. The van der Waals surface area contributed by atoms with E-state index in [2.05, 4.69) is 20.7 Å². The Morgan fingerprint density at radius 2 is 2.06 bits per heavy atom. The fourth-order valence-corrected chi connectivity index (χ4v) is 1.79. The van der Waals surface area contributed by atoms with Crippen LogP contribution in [0.25, 0.3) is 11.3 Å². The third-order valence-corrected chi connectivity index (χ3v) is 2.68. The highest BCUT2D eigenvalue weighted by Gasteiger charge is 2.07. The van der Waals surface area contributed by atoms with Crippen LogP contribution in [0, 0.1) is 0 Å². The molecule has 0 amide bonds. The van der Waals surface area contributed by atoms with E-state index in [9.17, 15) is 0 Å². The molecule has 0 fully saturated rings. The molecule has 0 aliphatic rings. The lowest BCUT2D eigenvalue weighted by molar-refractivity contribution is 0.422. The number of nitrogens with zero attached hydrogens (tertiary/aromatic N) is 2. The quantitative estimate of drug-likeness (QED) is 0.735. The second-order valence-electron chi connectivity index (χ2n) is 3.87. The molecule has 0 radical (unpaired) electrons. The third kappa shape index (κ3) is 2.10. The Bertz CT molecular complexity index is 601. The van der Waals surface area contributed by atoms with Crippen molar-refractivity contribution in [3.8, 4) is 11.3 Å². The predicted molar refractivity (Wildman–Crippen MR) is 67.9 cm³/mol. The molecule has 90 valence electrons. The zero-order valence-corrected chi connectivity index (χ0v) is 9.63. The third-order valence-electron chi connectivity index (χ3n) is 2.68. The van der Waals surface area contributed by atoms with E-state index in [0.29, 0.717) is 6.54 Å². The molecule has 2 heterocycles. The van der Waals surface area contributed by atoms with Gasteiger partial charge in [-0.1, -0.05) is 35.5 Å². The van der Waals surface area contributed by atoms with Gasteiger partial charge < -0.3 is 9.84 Å². The Kier molecular flexibility index (Phi) is 2.79. The lowest BCUT2D eigenvalue weighted by Crippen LogP contribution is -1.99. The van der Waals surface area contributed by atoms with E-state index in [1.807, 2.05) is 36.5 Å². The first-order chi connectivity index (χ1) is 8.93. The first-order valence-electron chi connectivity index (χ1n) is 5.65. The zero-order chi connectivity index (χ0) is 12.2. The van der Waals surface area contributed by atoms with Crippen LogP contribution in [0.5, 0.6) is 0 Å². The maximum absolute atomic E-state index is 4.76. The van der Waals surface area contributed by atoms with Crippen molar-refractivity contribution in [1.82, 2.24) is 15.4 Å². The molecule has 5 nitrogen and oxygen atoms in total. The number of aromatic nitrogens is 3. The van der Waals surface area contributed by atoms with Crippen LogP contribution in [0.1, 0.15) is 5.56 Å². The Balaban J connectivity index is 1.80. The minimum absolute atomic E-state index is 0.646. The van der Waals surface area contributed by atoms with Gasteiger partial charge in [-0.05, 0) is 5.56 Å². The van der Waals surface area contributed by atoms with E-state index in [1.54, 1.807) is 6.07 Å². The standard InChI is InChI=1S/C13H12N4O/c1-2-4-10(5-3-1)13-11(9-15-16-13)8-14-12-6-7-18-17-12/h1-7,9H,8H2,(H,14,17)(H,15,16). The summed E-state index contributed by atoms with van der Waals surface area (Å²) in [4.78, 5) is 0. The lowest BCUT2D eigenvalue weighted by atomic mass is 10.1. The summed E-state index contributed by atoms with van der Waals surface area (Å²) in [6, 6.07) is 11.9. The van der Waals surface area contributed by atoms with E-state index in [4.69, 9.17) is 4.52 Å². The maximum atomic E-state index is 4.76. The molecule has 0 aliphatic carbocycles. The van der Waals surface area contributed by atoms with E-state index < -0.39 is 0 Å². The molecule has 0 saturated heterocycles. The first-order valence-corrected chi connectivity index (χ1v) is 5.65. The molecule has 0 unspecified atom stereocenters. The van der Waals surface area contributed by atoms with Crippen molar-refractivity contribution in [1.29, 1.82) is 0 Å². The summed E-state index contributed by atoms with van der Waals surface area (Å²) in [7, 11) is 0. The predicted octanol–water partition coefficient (Wildman–Crippen LogP) is 2.68. The Morgan fingerprint density at radius 1 is 1.17 bits per heavy atom. The number of anilines is 1. The number of nitrogens with one attached hydrogen (secondary N) is 2. The fourth-order valence-electron chi connectivity index (χ4n) is 1.79. The van der Waals surface area contributed by atoms with Crippen molar-refractivity contribution in [2.45, 2.75) is 6.54 Å². The van der Waals surface area contributed by atoms with Crippen molar-refractivity contribution in [3.63, 3.8) is 0 Å². The van der Waals surface area contributed by atoms with Crippen molar-refractivity contribution in [2.75, 3.05) is 5.32 Å². The number of hydrogen-bond donors (Lipinski definition) is 2. The number of aromatic amines is 1. The Morgan fingerprint density at radius 3 is 2.83 bits per heavy atom. The lowest BCUT2D eigenvalue weighted by Gasteiger charge is -2.04. The van der Waals surface area contributed by atoms with E-state index >= 15 is 0 Å². The highest BCUT2D eigenvalue weighted by atomic mass is 16.5.